The molecule has 0 radical (unpaired) electrons. The van der Waals surface area contributed by atoms with Gasteiger partial charge < -0.3 is 0 Å². The van der Waals surface area contributed by atoms with Gasteiger partial charge in [-0.15, -0.1) is 0 Å². The summed E-state index contributed by atoms with van der Waals surface area (Å²) in [5, 5.41) is 7.96. The van der Waals surface area contributed by atoms with Gasteiger partial charge in [-0.2, -0.15) is 10.2 Å². The van der Waals surface area contributed by atoms with Crippen molar-refractivity contribution in [2.75, 3.05) is 0 Å². The van der Waals surface area contributed by atoms with Crippen molar-refractivity contribution in [3.05, 3.63) is 47.5 Å². The molecular formula is C12H13N5O. The topological polar surface area (TPSA) is 72.2 Å². The zero-order valence-corrected chi connectivity index (χ0v) is 10.2. The van der Waals surface area contributed by atoms with Crippen LogP contribution in [0, 0.1) is 6.92 Å². The summed E-state index contributed by atoms with van der Waals surface area (Å²) in [5.74, 6) is -0.291. The molecule has 2 heterocycles. The number of hydrazone groups is 1. The van der Waals surface area contributed by atoms with Gasteiger partial charge in [0.2, 0.25) is 0 Å². The zero-order chi connectivity index (χ0) is 13.0. The molecule has 0 aliphatic heterocycles. The number of rotatable bonds is 3. The third kappa shape index (κ3) is 2.60. The number of hydrogen-bond acceptors (Lipinski definition) is 4. The molecule has 2 aromatic heterocycles. The van der Waals surface area contributed by atoms with Crippen molar-refractivity contribution in [1.82, 2.24) is 20.2 Å². The minimum Gasteiger partial charge on any atom is -0.272 e. The maximum absolute atomic E-state index is 11.6. The summed E-state index contributed by atoms with van der Waals surface area (Å²) >= 11 is 0. The Bertz CT molecular complexity index is 573. The first-order valence-electron chi connectivity index (χ1n) is 5.40. The van der Waals surface area contributed by atoms with Crippen LogP contribution < -0.4 is 5.43 Å². The van der Waals surface area contributed by atoms with Crippen molar-refractivity contribution in [3.63, 3.8) is 0 Å². The first-order chi connectivity index (χ1) is 8.68. The number of carbonyl (C=O) groups excluding carboxylic acids is 1. The zero-order valence-electron chi connectivity index (χ0n) is 10.2. The molecule has 2 aromatic rings. The first kappa shape index (κ1) is 12.0. The predicted molar refractivity (Wildman–Crippen MR) is 67.2 cm³/mol. The Morgan fingerprint density at radius 1 is 1.50 bits per heavy atom. The molecule has 0 aliphatic rings. The van der Waals surface area contributed by atoms with Gasteiger partial charge in [-0.25, -0.2) is 5.43 Å². The summed E-state index contributed by atoms with van der Waals surface area (Å²) in [4.78, 5) is 15.5. The molecular weight excluding hydrogens is 230 g/mol. The smallest absolute Gasteiger partial charge is 0.272 e. The van der Waals surface area contributed by atoms with Crippen LogP contribution in [0.15, 0.2) is 35.8 Å². The Morgan fingerprint density at radius 3 is 2.94 bits per heavy atom. The van der Waals surface area contributed by atoms with Crippen molar-refractivity contribution in [2.45, 2.75) is 6.92 Å². The number of carbonyl (C=O) groups is 1. The highest BCUT2D eigenvalue weighted by atomic mass is 16.2. The molecule has 0 aromatic carbocycles. The first-order valence-corrected chi connectivity index (χ1v) is 5.40. The monoisotopic (exact) mass is 243 g/mol. The molecule has 1 amide bonds. The maximum Gasteiger partial charge on any atom is 0.272 e. The quantitative estimate of drug-likeness (QED) is 0.642. The number of aryl methyl sites for hydroxylation is 1. The number of nitrogens with zero attached hydrogens (tertiary/aromatic N) is 4. The van der Waals surface area contributed by atoms with Crippen molar-refractivity contribution >= 4 is 12.1 Å². The second-order valence-electron chi connectivity index (χ2n) is 3.75. The van der Waals surface area contributed by atoms with Gasteiger partial charge in [0, 0.05) is 30.7 Å². The third-order valence-corrected chi connectivity index (χ3v) is 2.57. The number of aromatic nitrogens is 3. The van der Waals surface area contributed by atoms with E-state index in [1.54, 1.807) is 35.4 Å². The number of hydrogen-bond donors (Lipinski definition) is 1. The molecule has 0 aliphatic carbocycles. The molecule has 92 valence electrons. The van der Waals surface area contributed by atoms with Crippen LogP contribution >= 0.6 is 0 Å². The van der Waals surface area contributed by atoms with E-state index in [2.05, 4.69) is 20.6 Å². The Morgan fingerprint density at radius 2 is 2.33 bits per heavy atom. The summed E-state index contributed by atoms with van der Waals surface area (Å²) in [6.07, 6.45) is 6.35. The van der Waals surface area contributed by atoms with E-state index in [9.17, 15) is 4.79 Å². The molecule has 1 N–H and O–H groups in total. The fraction of sp³-hybridized carbons (Fsp3) is 0.167. The number of amides is 1. The lowest BCUT2D eigenvalue weighted by Gasteiger charge is -1.98. The van der Waals surface area contributed by atoms with Gasteiger partial charge in [0.1, 0.15) is 0 Å². The Labute approximate surface area is 104 Å². The minimum atomic E-state index is -0.291. The van der Waals surface area contributed by atoms with E-state index < -0.39 is 0 Å². The van der Waals surface area contributed by atoms with E-state index in [1.807, 2.05) is 14.0 Å². The van der Waals surface area contributed by atoms with E-state index in [0.717, 1.165) is 11.3 Å². The molecule has 0 saturated heterocycles. The van der Waals surface area contributed by atoms with Crippen LogP contribution in [-0.2, 0) is 7.05 Å². The van der Waals surface area contributed by atoms with E-state index >= 15 is 0 Å². The van der Waals surface area contributed by atoms with Gasteiger partial charge in [-0.3, -0.25) is 14.5 Å². The molecule has 0 fully saturated rings. The Hall–Kier alpha value is -2.50. The van der Waals surface area contributed by atoms with Gasteiger partial charge >= 0.3 is 0 Å². The highest BCUT2D eigenvalue weighted by Crippen LogP contribution is 2.01. The van der Waals surface area contributed by atoms with Crippen molar-refractivity contribution < 1.29 is 4.79 Å². The molecule has 6 heteroatoms. The average Bonchev–Trinajstić information content (AvgIpc) is 2.71. The highest BCUT2D eigenvalue weighted by molar-refractivity contribution is 5.94. The Kier molecular flexibility index (Phi) is 3.47. The van der Waals surface area contributed by atoms with Crippen LogP contribution in [0.2, 0.25) is 0 Å². The predicted octanol–water partition coefficient (Wildman–Crippen LogP) is 0.887. The molecule has 0 saturated carbocycles. The molecule has 18 heavy (non-hydrogen) atoms. The van der Waals surface area contributed by atoms with Crippen molar-refractivity contribution in [2.24, 2.45) is 12.1 Å². The third-order valence-electron chi connectivity index (χ3n) is 2.57. The molecule has 0 atom stereocenters. The lowest BCUT2D eigenvalue weighted by Crippen LogP contribution is -2.17. The van der Waals surface area contributed by atoms with Crippen molar-refractivity contribution in [1.29, 1.82) is 0 Å². The van der Waals surface area contributed by atoms with Crippen LogP contribution in [0.3, 0.4) is 0 Å². The van der Waals surface area contributed by atoms with Crippen LogP contribution in [-0.4, -0.2) is 26.9 Å². The molecule has 0 unspecified atom stereocenters. The highest BCUT2D eigenvalue weighted by Gasteiger charge is 2.03. The summed E-state index contributed by atoms with van der Waals surface area (Å²) in [7, 11) is 1.85. The second kappa shape index (κ2) is 5.22. The van der Waals surface area contributed by atoms with Gasteiger partial charge in [-0.05, 0) is 19.1 Å². The number of nitrogens with one attached hydrogen (secondary N) is 1. The van der Waals surface area contributed by atoms with E-state index in [0.29, 0.717) is 5.56 Å². The lowest BCUT2D eigenvalue weighted by molar-refractivity contribution is 0.0955. The summed E-state index contributed by atoms with van der Waals surface area (Å²) in [6.45, 7) is 1.93. The van der Waals surface area contributed by atoms with Crippen LogP contribution in [0.5, 0.6) is 0 Å². The second-order valence-corrected chi connectivity index (χ2v) is 3.75. The van der Waals surface area contributed by atoms with E-state index in [-0.39, 0.29) is 5.91 Å². The van der Waals surface area contributed by atoms with Gasteiger partial charge in [0.05, 0.1) is 18.0 Å². The maximum atomic E-state index is 11.6. The Balaban J connectivity index is 2.00. The van der Waals surface area contributed by atoms with Gasteiger partial charge in [0.15, 0.2) is 0 Å². The van der Waals surface area contributed by atoms with Crippen LogP contribution in [0.1, 0.15) is 21.6 Å². The average molecular weight is 243 g/mol. The largest absolute Gasteiger partial charge is 0.272 e. The lowest BCUT2D eigenvalue weighted by atomic mass is 10.3. The van der Waals surface area contributed by atoms with Gasteiger partial charge in [0.25, 0.3) is 5.91 Å². The van der Waals surface area contributed by atoms with Gasteiger partial charge in [-0.1, -0.05) is 0 Å². The summed E-state index contributed by atoms with van der Waals surface area (Å²) < 4.78 is 1.74. The summed E-state index contributed by atoms with van der Waals surface area (Å²) in [5.41, 5.74) is 4.75. The molecule has 0 spiro atoms. The van der Waals surface area contributed by atoms with Crippen LogP contribution in [0.25, 0.3) is 0 Å². The fourth-order valence-corrected chi connectivity index (χ4v) is 1.36. The SMILES string of the molecule is Cc1c(C=NNC(=O)c2cccnc2)cnn1C. The van der Waals surface area contributed by atoms with E-state index in [1.165, 1.54) is 6.20 Å². The number of pyridine rings is 1. The van der Waals surface area contributed by atoms with E-state index in [4.69, 9.17) is 0 Å². The molecule has 2 rings (SSSR count). The van der Waals surface area contributed by atoms with Crippen molar-refractivity contribution in [3.8, 4) is 0 Å². The summed E-state index contributed by atoms with van der Waals surface area (Å²) in [6, 6.07) is 3.37. The standard InChI is InChI=1S/C12H13N5O/c1-9-11(8-15-17(9)2)7-14-16-12(18)10-4-3-5-13-6-10/h3-8H,1-2H3,(H,16,18). The molecule has 6 nitrogen and oxygen atoms in total. The van der Waals surface area contributed by atoms with Crippen LogP contribution in [0.4, 0.5) is 0 Å². The molecule has 0 bridgehead atoms. The normalized spacial score (nSPS) is 10.8. The minimum absolute atomic E-state index is 0.291. The fourth-order valence-electron chi connectivity index (χ4n) is 1.36.